The molecule has 9 nitrogen and oxygen atoms in total. The number of carbonyl (C=O) groups is 3. The molecular formula is C32H33F2N5O4. The third-order valence-corrected chi connectivity index (χ3v) is 7.78. The number of amides is 4. The second-order valence-corrected chi connectivity index (χ2v) is 10.7. The molecule has 4 amide bonds. The van der Waals surface area contributed by atoms with Crippen molar-refractivity contribution in [3.63, 3.8) is 0 Å². The van der Waals surface area contributed by atoms with Crippen LogP contribution >= 0.6 is 0 Å². The largest absolute Gasteiger partial charge is 0.508 e. The van der Waals surface area contributed by atoms with E-state index in [9.17, 15) is 28.3 Å². The number of benzene rings is 3. The van der Waals surface area contributed by atoms with Crippen molar-refractivity contribution in [3.05, 3.63) is 113 Å². The Balaban J connectivity index is 1.52. The van der Waals surface area contributed by atoms with Crippen LogP contribution in [0.1, 0.15) is 22.3 Å². The number of halogens is 2. The number of phenols is 1. The van der Waals surface area contributed by atoms with E-state index >= 15 is 0 Å². The first-order chi connectivity index (χ1) is 20.7. The van der Waals surface area contributed by atoms with E-state index in [0.29, 0.717) is 0 Å². The highest BCUT2D eigenvalue weighted by molar-refractivity contribution is 5.91. The number of piperazine rings is 1. The fourth-order valence-corrected chi connectivity index (χ4v) is 5.67. The van der Waals surface area contributed by atoms with Crippen LogP contribution in [0.3, 0.4) is 0 Å². The minimum absolute atomic E-state index is 0.0675. The molecule has 2 aliphatic heterocycles. The zero-order valence-electron chi connectivity index (χ0n) is 23.7. The van der Waals surface area contributed by atoms with Gasteiger partial charge in [0.05, 0.1) is 13.1 Å². The molecule has 0 aliphatic carbocycles. The molecule has 2 N–H and O–H groups in total. The number of phenolic OH excluding ortho intramolecular Hbond substituents is 1. The predicted octanol–water partition coefficient (Wildman–Crippen LogP) is 3.72. The number of aromatic hydroxyl groups is 1. The maximum Gasteiger partial charge on any atom is 0.334 e. The molecule has 0 unspecified atom stereocenters. The lowest BCUT2D eigenvalue weighted by atomic mass is 9.95. The maximum absolute atomic E-state index is 14.7. The van der Waals surface area contributed by atoms with E-state index < -0.39 is 35.8 Å². The Morgan fingerprint density at radius 3 is 2.51 bits per heavy atom. The number of nitrogens with one attached hydrogen (secondary N) is 1. The molecule has 2 atom stereocenters. The first-order valence-corrected chi connectivity index (χ1v) is 14.0. The zero-order valence-corrected chi connectivity index (χ0v) is 23.7. The minimum atomic E-state index is -1.02. The highest BCUT2D eigenvalue weighted by Crippen LogP contribution is 2.30. The third-order valence-electron chi connectivity index (χ3n) is 7.78. The SMILES string of the molecule is C=CCN1CC(=O)N2[C@@H](Cc3ccc(O)cc3C)C(=O)N(Cc3ccc(F)cc3F)C[C@@H]2N1C(=O)NCc1ccccc1. The molecule has 43 heavy (non-hydrogen) atoms. The van der Waals surface area contributed by atoms with Gasteiger partial charge in [0.1, 0.15) is 29.6 Å². The Labute approximate surface area is 248 Å². The van der Waals surface area contributed by atoms with Crippen LogP contribution in [0.5, 0.6) is 5.75 Å². The normalized spacial score (nSPS) is 18.9. The monoisotopic (exact) mass is 589 g/mol. The Bertz CT molecular complexity index is 1540. The molecule has 3 aromatic carbocycles. The van der Waals surface area contributed by atoms with Crippen LogP contribution in [0.2, 0.25) is 0 Å². The minimum Gasteiger partial charge on any atom is -0.508 e. The lowest BCUT2D eigenvalue weighted by Gasteiger charge is -2.55. The van der Waals surface area contributed by atoms with Crippen LogP contribution in [-0.2, 0) is 29.1 Å². The van der Waals surface area contributed by atoms with Crippen molar-refractivity contribution in [2.45, 2.75) is 38.6 Å². The number of urea groups is 1. The van der Waals surface area contributed by atoms with Crippen molar-refractivity contribution in [1.82, 2.24) is 25.1 Å². The number of fused-ring (bicyclic) bond motifs is 1. The number of hydrogen-bond acceptors (Lipinski definition) is 5. The molecule has 2 heterocycles. The highest BCUT2D eigenvalue weighted by atomic mass is 19.1. The molecule has 0 radical (unpaired) electrons. The van der Waals surface area contributed by atoms with Gasteiger partial charge in [-0.3, -0.25) is 9.59 Å². The van der Waals surface area contributed by atoms with Crippen LogP contribution in [0.4, 0.5) is 13.6 Å². The summed E-state index contributed by atoms with van der Waals surface area (Å²) in [5.41, 5.74) is 2.43. The van der Waals surface area contributed by atoms with Gasteiger partial charge in [0.15, 0.2) is 0 Å². The predicted molar refractivity (Wildman–Crippen MR) is 155 cm³/mol. The van der Waals surface area contributed by atoms with E-state index in [0.717, 1.165) is 28.8 Å². The van der Waals surface area contributed by atoms with Gasteiger partial charge in [-0.15, -0.1) is 6.58 Å². The molecule has 2 fully saturated rings. The van der Waals surface area contributed by atoms with Gasteiger partial charge in [-0.1, -0.05) is 48.5 Å². The summed E-state index contributed by atoms with van der Waals surface area (Å²) in [7, 11) is 0. The van der Waals surface area contributed by atoms with E-state index in [4.69, 9.17) is 0 Å². The van der Waals surface area contributed by atoms with Crippen LogP contribution in [0.15, 0.2) is 79.4 Å². The van der Waals surface area contributed by atoms with Crippen molar-refractivity contribution in [3.8, 4) is 5.75 Å². The number of hydrogen-bond donors (Lipinski definition) is 2. The molecule has 0 bridgehead atoms. The molecule has 5 rings (SSSR count). The lowest BCUT2D eigenvalue weighted by Crippen LogP contribution is -2.76. The number of rotatable bonds is 8. The molecule has 11 heteroatoms. The molecule has 0 aromatic heterocycles. The van der Waals surface area contributed by atoms with Gasteiger partial charge in [0, 0.05) is 37.7 Å². The second kappa shape index (κ2) is 12.6. The second-order valence-electron chi connectivity index (χ2n) is 10.7. The molecule has 3 aromatic rings. The summed E-state index contributed by atoms with van der Waals surface area (Å²) in [4.78, 5) is 44.3. The molecule has 2 saturated heterocycles. The van der Waals surface area contributed by atoms with Gasteiger partial charge in [-0.2, -0.15) is 0 Å². The average molecular weight is 590 g/mol. The number of aryl methyl sites for hydroxylation is 1. The lowest BCUT2D eigenvalue weighted by molar-refractivity contribution is -0.189. The summed E-state index contributed by atoms with van der Waals surface area (Å²) < 4.78 is 28.4. The van der Waals surface area contributed by atoms with E-state index in [2.05, 4.69) is 11.9 Å². The summed E-state index contributed by atoms with van der Waals surface area (Å²) in [5.74, 6) is -2.24. The van der Waals surface area contributed by atoms with Gasteiger partial charge < -0.3 is 20.2 Å². The molecule has 2 aliphatic rings. The Morgan fingerprint density at radius 1 is 1.07 bits per heavy atom. The van der Waals surface area contributed by atoms with Crippen molar-refractivity contribution in [2.75, 3.05) is 19.6 Å². The fraction of sp³-hybridized carbons (Fsp3) is 0.281. The molecule has 0 spiro atoms. The summed E-state index contributed by atoms with van der Waals surface area (Å²) >= 11 is 0. The van der Waals surface area contributed by atoms with Gasteiger partial charge in [-0.05, 0) is 41.8 Å². The molecule has 224 valence electrons. The molecule has 0 saturated carbocycles. The summed E-state index contributed by atoms with van der Waals surface area (Å²) in [6.07, 6.45) is 0.772. The fourth-order valence-electron chi connectivity index (χ4n) is 5.67. The van der Waals surface area contributed by atoms with E-state index in [1.54, 1.807) is 30.1 Å². The van der Waals surface area contributed by atoms with Gasteiger partial charge >= 0.3 is 6.03 Å². The van der Waals surface area contributed by atoms with Crippen molar-refractivity contribution in [1.29, 1.82) is 0 Å². The molecular weight excluding hydrogens is 556 g/mol. The Kier molecular flexibility index (Phi) is 8.72. The number of nitrogens with zero attached hydrogens (tertiary/aromatic N) is 4. The summed E-state index contributed by atoms with van der Waals surface area (Å²) in [6, 6.07) is 15.8. The van der Waals surface area contributed by atoms with Crippen molar-refractivity contribution in [2.24, 2.45) is 0 Å². The van der Waals surface area contributed by atoms with Crippen molar-refractivity contribution < 1.29 is 28.3 Å². The highest BCUT2D eigenvalue weighted by Gasteiger charge is 2.51. The summed E-state index contributed by atoms with van der Waals surface area (Å²) in [5, 5.41) is 15.8. The Morgan fingerprint density at radius 2 is 1.81 bits per heavy atom. The van der Waals surface area contributed by atoms with E-state index in [1.807, 2.05) is 30.3 Å². The standard InChI is InChI=1S/C32H33F2N5O4/c1-3-13-37-20-30(41)38-28(15-23-10-12-26(40)14-21(23)2)31(42)36(18-24-9-11-25(33)16-27(24)34)19-29(38)39(37)32(43)35-17-22-7-5-4-6-8-22/h3-12,14,16,28-29,40H,1,13,15,17-20H2,2H3,(H,35,43)/t28-,29-/m0/s1. The maximum atomic E-state index is 14.7. The third kappa shape index (κ3) is 6.36. The smallest absolute Gasteiger partial charge is 0.334 e. The van der Waals surface area contributed by atoms with Crippen LogP contribution < -0.4 is 5.32 Å². The zero-order chi connectivity index (χ0) is 30.7. The van der Waals surface area contributed by atoms with E-state index in [-0.39, 0.29) is 56.4 Å². The first-order valence-electron chi connectivity index (χ1n) is 14.0. The van der Waals surface area contributed by atoms with Crippen LogP contribution in [0, 0.1) is 18.6 Å². The van der Waals surface area contributed by atoms with Gasteiger partial charge in [0.25, 0.3) is 0 Å². The quantitative estimate of drug-likeness (QED) is 0.391. The summed E-state index contributed by atoms with van der Waals surface area (Å²) in [6.45, 7) is 5.55. The van der Waals surface area contributed by atoms with Gasteiger partial charge in [0.2, 0.25) is 11.8 Å². The Hall–Kier alpha value is -4.77. The topological polar surface area (TPSA) is 96.4 Å². The van der Waals surface area contributed by atoms with Crippen molar-refractivity contribution >= 4 is 17.8 Å². The van der Waals surface area contributed by atoms with Gasteiger partial charge in [-0.25, -0.2) is 23.6 Å². The first kappa shape index (κ1) is 29.7. The van der Waals surface area contributed by atoms with Crippen LogP contribution in [0.25, 0.3) is 0 Å². The average Bonchev–Trinajstić information content (AvgIpc) is 2.97. The van der Waals surface area contributed by atoms with Crippen LogP contribution in [-0.4, -0.2) is 74.6 Å². The number of carbonyl (C=O) groups excluding carboxylic acids is 3. The number of hydrazine groups is 1. The van der Waals surface area contributed by atoms with E-state index in [1.165, 1.54) is 26.9 Å².